The number of hydrogen-bond acceptors (Lipinski definition) is 4. The van der Waals surface area contributed by atoms with E-state index in [1.165, 1.54) is 23.5 Å². The van der Waals surface area contributed by atoms with Gasteiger partial charge in [-0.05, 0) is 43.9 Å². The number of hydrogen-bond donors (Lipinski definition) is 1. The van der Waals surface area contributed by atoms with Crippen molar-refractivity contribution in [1.29, 1.82) is 0 Å². The molecule has 0 saturated carbocycles. The van der Waals surface area contributed by atoms with Gasteiger partial charge in [0.2, 0.25) is 0 Å². The fraction of sp³-hybridized carbons (Fsp3) is 0.412. The number of anilines is 1. The van der Waals surface area contributed by atoms with E-state index in [4.69, 9.17) is 0 Å². The van der Waals surface area contributed by atoms with Gasteiger partial charge in [-0.15, -0.1) is 0 Å². The summed E-state index contributed by atoms with van der Waals surface area (Å²) in [5.41, 5.74) is 1.61. The zero-order chi connectivity index (χ0) is 16.4. The highest BCUT2D eigenvalue weighted by atomic mass is 32.1. The Labute approximate surface area is 139 Å². The normalized spacial score (nSPS) is 18.0. The van der Waals surface area contributed by atoms with Crippen LogP contribution < -0.4 is 5.32 Å². The van der Waals surface area contributed by atoms with Crippen LogP contribution in [-0.2, 0) is 0 Å². The second kappa shape index (κ2) is 6.66. The predicted molar refractivity (Wildman–Crippen MR) is 90.4 cm³/mol. The molecule has 2 heterocycles. The number of aromatic nitrogens is 1. The van der Waals surface area contributed by atoms with Gasteiger partial charge < -0.3 is 10.2 Å². The molecule has 0 radical (unpaired) electrons. The smallest absolute Gasteiger partial charge is 0.266 e. The van der Waals surface area contributed by atoms with Gasteiger partial charge in [0.05, 0.1) is 11.7 Å². The van der Waals surface area contributed by atoms with Crippen LogP contribution in [-0.4, -0.2) is 29.4 Å². The third-order valence-corrected chi connectivity index (χ3v) is 5.36. The van der Waals surface area contributed by atoms with E-state index >= 15 is 0 Å². The van der Waals surface area contributed by atoms with Gasteiger partial charge in [0.1, 0.15) is 10.7 Å². The number of rotatable bonds is 3. The molecule has 23 heavy (non-hydrogen) atoms. The first kappa shape index (κ1) is 15.9. The Kier molecular flexibility index (Phi) is 4.61. The van der Waals surface area contributed by atoms with Crippen LogP contribution in [0.3, 0.4) is 0 Å². The fourth-order valence-electron chi connectivity index (χ4n) is 3.07. The number of carbonyl (C=O) groups excluding carboxylic acids is 1. The molecule has 4 nitrogen and oxygen atoms in total. The SMILES string of the molecule is CNc1nc(C)c(C(=O)N2CCCC[C@@H]2c2cccc(F)c2)s1. The molecule has 1 aliphatic heterocycles. The molecule has 1 amide bonds. The summed E-state index contributed by atoms with van der Waals surface area (Å²) in [5.74, 6) is -0.262. The molecule has 1 aromatic carbocycles. The second-order valence-corrected chi connectivity index (χ2v) is 6.75. The maximum Gasteiger partial charge on any atom is 0.266 e. The van der Waals surface area contributed by atoms with Gasteiger partial charge in [-0.1, -0.05) is 23.5 Å². The summed E-state index contributed by atoms with van der Waals surface area (Å²) in [7, 11) is 1.79. The standard InChI is InChI=1S/C17H20FN3OS/c1-11-15(23-17(19-2)20-11)16(22)21-9-4-3-8-14(21)12-6-5-7-13(18)10-12/h5-7,10,14H,3-4,8-9H2,1-2H3,(H,19,20)/t14-/m1/s1. The van der Waals surface area contributed by atoms with Gasteiger partial charge >= 0.3 is 0 Å². The minimum atomic E-state index is -0.257. The van der Waals surface area contributed by atoms with Crippen molar-refractivity contribution in [2.24, 2.45) is 0 Å². The van der Waals surface area contributed by atoms with Crippen molar-refractivity contribution < 1.29 is 9.18 Å². The Morgan fingerprint density at radius 2 is 2.26 bits per heavy atom. The Morgan fingerprint density at radius 1 is 1.43 bits per heavy atom. The second-order valence-electron chi connectivity index (χ2n) is 5.75. The molecule has 1 aromatic heterocycles. The quantitative estimate of drug-likeness (QED) is 0.923. The predicted octanol–water partition coefficient (Wildman–Crippen LogP) is 4.00. The topological polar surface area (TPSA) is 45.2 Å². The molecule has 1 fully saturated rings. The monoisotopic (exact) mass is 333 g/mol. The Balaban J connectivity index is 1.91. The Morgan fingerprint density at radius 3 is 2.96 bits per heavy atom. The van der Waals surface area contributed by atoms with Crippen molar-refractivity contribution in [3.05, 3.63) is 46.2 Å². The van der Waals surface area contributed by atoms with Gasteiger partial charge in [-0.25, -0.2) is 9.37 Å². The molecule has 2 aromatic rings. The zero-order valence-electron chi connectivity index (χ0n) is 13.3. The lowest BCUT2D eigenvalue weighted by atomic mass is 9.95. The zero-order valence-corrected chi connectivity index (χ0v) is 14.1. The molecule has 1 N–H and O–H groups in total. The van der Waals surface area contributed by atoms with Crippen LogP contribution in [0, 0.1) is 12.7 Å². The largest absolute Gasteiger partial charge is 0.365 e. The van der Waals surface area contributed by atoms with E-state index in [1.807, 2.05) is 17.9 Å². The van der Waals surface area contributed by atoms with Crippen LogP contribution >= 0.6 is 11.3 Å². The average molecular weight is 333 g/mol. The highest BCUT2D eigenvalue weighted by Gasteiger charge is 2.31. The van der Waals surface area contributed by atoms with Crippen molar-refractivity contribution in [3.63, 3.8) is 0 Å². The van der Waals surface area contributed by atoms with Crippen LogP contribution in [0.4, 0.5) is 9.52 Å². The van der Waals surface area contributed by atoms with Crippen LogP contribution in [0.25, 0.3) is 0 Å². The molecule has 0 spiro atoms. The molecule has 1 atom stereocenters. The first-order chi connectivity index (χ1) is 11.1. The van der Waals surface area contributed by atoms with Gasteiger partial charge in [0, 0.05) is 13.6 Å². The van der Waals surface area contributed by atoms with E-state index in [2.05, 4.69) is 10.3 Å². The van der Waals surface area contributed by atoms with Gasteiger partial charge in [0.25, 0.3) is 5.91 Å². The number of carbonyl (C=O) groups is 1. The first-order valence-corrected chi connectivity index (χ1v) is 8.63. The number of nitrogens with one attached hydrogen (secondary N) is 1. The maximum absolute atomic E-state index is 13.6. The summed E-state index contributed by atoms with van der Waals surface area (Å²) in [6, 6.07) is 6.52. The Bertz CT molecular complexity index is 716. The van der Waals surface area contributed by atoms with Crippen molar-refractivity contribution in [2.75, 3.05) is 18.9 Å². The highest BCUT2D eigenvalue weighted by molar-refractivity contribution is 7.17. The Hall–Kier alpha value is -1.95. The summed E-state index contributed by atoms with van der Waals surface area (Å²) in [5, 5.41) is 3.72. The van der Waals surface area contributed by atoms with Crippen LogP contribution in [0.15, 0.2) is 24.3 Å². The molecule has 1 saturated heterocycles. The van der Waals surface area contributed by atoms with Crippen molar-refractivity contribution in [2.45, 2.75) is 32.2 Å². The number of halogens is 1. The third kappa shape index (κ3) is 3.22. The summed E-state index contributed by atoms with van der Waals surface area (Å²) in [6.07, 6.45) is 2.90. The number of likely N-dealkylation sites (tertiary alicyclic amines) is 1. The molecular formula is C17H20FN3OS. The van der Waals surface area contributed by atoms with Crippen molar-refractivity contribution in [3.8, 4) is 0 Å². The van der Waals surface area contributed by atoms with Crippen LogP contribution in [0.2, 0.25) is 0 Å². The number of thiazole rings is 1. The summed E-state index contributed by atoms with van der Waals surface area (Å²) in [4.78, 5) is 19.9. The molecule has 0 bridgehead atoms. The van der Waals surface area contributed by atoms with E-state index in [0.717, 1.165) is 35.7 Å². The van der Waals surface area contributed by atoms with E-state index in [9.17, 15) is 9.18 Å². The molecule has 122 valence electrons. The van der Waals surface area contributed by atoms with Crippen molar-refractivity contribution in [1.82, 2.24) is 9.88 Å². The van der Waals surface area contributed by atoms with Crippen LogP contribution in [0.5, 0.6) is 0 Å². The molecule has 0 unspecified atom stereocenters. The number of aryl methyl sites for hydroxylation is 1. The number of benzene rings is 1. The molecule has 6 heteroatoms. The molecule has 0 aliphatic carbocycles. The van der Waals surface area contributed by atoms with Gasteiger partial charge in [-0.3, -0.25) is 4.79 Å². The van der Waals surface area contributed by atoms with E-state index < -0.39 is 0 Å². The fourth-order valence-corrected chi connectivity index (χ4v) is 3.94. The lowest BCUT2D eigenvalue weighted by molar-refractivity contribution is 0.0615. The summed E-state index contributed by atoms with van der Waals surface area (Å²) < 4.78 is 13.6. The van der Waals surface area contributed by atoms with Crippen LogP contribution in [0.1, 0.15) is 46.2 Å². The van der Waals surface area contributed by atoms with Gasteiger partial charge in [0.15, 0.2) is 5.13 Å². The number of nitrogens with zero attached hydrogens (tertiary/aromatic N) is 2. The molecular weight excluding hydrogens is 313 g/mol. The van der Waals surface area contributed by atoms with E-state index in [1.54, 1.807) is 13.1 Å². The summed E-state index contributed by atoms with van der Waals surface area (Å²) in [6.45, 7) is 2.55. The molecule has 3 rings (SSSR count). The first-order valence-electron chi connectivity index (χ1n) is 7.81. The van der Waals surface area contributed by atoms with E-state index in [-0.39, 0.29) is 17.8 Å². The number of piperidine rings is 1. The minimum Gasteiger partial charge on any atom is -0.365 e. The van der Waals surface area contributed by atoms with Crippen molar-refractivity contribution >= 4 is 22.4 Å². The lowest BCUT2D eigenvalue weighted by Gasteiger charge is -2.36. The maximum atomic E-state index is 13.6. The van der Waals surface area contributed by atoms with Gasteiger partial charge in [-0.2, -0.15) is 0 Å². The summed E-state index contributed by atoms with van der Waals surface area (Å²) >= 11 is 1.37. The lowest BCUT2D eigenvalue weighted by Crippen LogP contribution is -2.38. The number of amides is 1. The average Bonchev–Trinajstić information content (AvgIpc) is 2.95. The van der Waals surface area contributed by atoms with E-state index in [0.29, 0.717) is 11.4 Å². The third-order valence-electron chi connectivity index (χ3n) is 4.20. The molecule has 1 aliphatic rings. The highest BCUT2D eigenvalue weighted by Crippen LogP contribution is 2.34. The minimum absolute atomic E-state index is 0.00420.